The molecule has 0 radical (unpaired) electrons. The van der Waals surface area contributed by atoms with E-state index in [1.54, 1.807) is 18.8 Å². The van der Waals surface area contributed by atoms with E-state index in [1.807, 2.05) is 37.3 Å². The zero-order valence-corrected chi connectivity index (χ0v) is 13.6. The van der Waals surface area contributed by atoms with Crippen LogP contribution in [0.15, 0.2) is 30.3 Å². The molecule has 1 unspecified atom stereocenters. The van der Waals surface area contributed by atoms with Crippen LogP contribution in [0.1, 0.15) is 25.3 Å². The van der Waals surface area contributed by atoms with Gasteiger partial charge < -0.3 is 15.2 Å². The van der Waals surface area contributed by atoms with Gasteiger partial charge in [-0.05, 0) is 43.9 Å². The van der Waals surface area contributed by atoms with Crippen LogP contribution in [0, 0.1) is 0 Å². The maximum absolute atomic E-state index is 12.5. The number of carbonyl (C=O) groups excluding carboxylic acids is 1. The van der Waals surface area contributed by atoms with E-state index in [0.29, 0.717) is 13.0 Å². The Balaban J connectivity index is 2.85. The number of aliphatic hydroxyl groups is 1. The summed E-state index contributed by atoms with van der Waals surface area (Å²) in [4.78, 5) is 12.5. The van der Waals surface area contributed by atoms with Gasteiger partial charge in [0.1, 0.15) is 5.54 Å². The number of benzene rings is 1. The quantitative estimate of drug-likeness (QED) is 0.512. The third kappa shape index (κ3) is 5.02. The molecule has 0 fully saturated rings. The van der Waals surface area contributed by atoms with E-state index in [2.05, 4.69) is 5.32 Å². The predicted octanol–water partition coefficient (Wildman–Crippen LogP) is 2.17. The normalized spacial score (nSPS) is 13.7. The monoisotopic (exact) mass is 311 g/mol. The van der Waals surface area contributed by atoms with Crippen molar-refractivity contribution in [2.75, 3.05) is 31.8 Å². The van der Waals surface area contributed by atoms with E-state index in [9.17, 15) is 4.79 Å². The van der Waals surface area contributed by atoms with Crippen LogP contribution in [0.3, 0.4) is 0 Å². The highest BCUT2D eigenvalue weighted by molar-refractivity contribution is 7.99. The van der Waals surface area contributed by atoms with Gasteiger partial charge in [0.25, 0.3) is 0 Å². The molecular formula is C16H25NO3S. The average Bonchev–Trinajstić information content (AvgIpc) is 2.52. The van der Waals surface area contributed by atoms with Crippen molar-refractivity contribution in [3.63, 3.8) is 0 Å². The fourth-order valence-corrected chi connectivity index (χ4v) is 3.19. The molecule has 0 aliphatic carbocycles. The molecule has 0 saturated heterocycles. The summed E-state index contributed by atoms with van der Waals surface area (Å²) >= 11 is 1.74. The topological polar surface area (TPSA) is 58.6 Å². The van der Waals surface area contributed by atoms with Crippen molar-refractivity contribution < 1.29 is 14.6 Å². The number of thioether (sulfide) groups is 1. The largest absolute Gasteiger partial charge is 0.464 e. The second kappa shape index (κ2) is 9.82. The summed E-state index contributed by atoms with van der Waals surface area (Å²) in [6.07, 6.45) is 1.43. The zero-order valence-electron chi connectivity index (χ0n) is 12.8. The Morgan fingerprint density at radius 1 is 1.33 bits per heavy atom. The fourth-order valence-electron chi connectivity index (χ4n) is 2.21. The van der Waals surface area contributed by atoms with E-state index in [1.165, 1.54) is 0 Å². The van der Waals surface area contributed by atoms with Crippen LogP contribution < -0.4 is 5.32 Å². The Bertz CT molecular complexity index is 413. The first-order valence-electron chi connectivity index (χ1n) is 7.31. The van der Waals surface area contributed by atoms with Gasteiger partial charge in [-0.1, -0.05) is 30.3 Å². The molecule has 5 heteroatoms. The summed E-state index contributed by atoms with van der Waals surface area (Å²) in [5.41, 5.74) is 0.123. The molecule has 1 atom stereocenters. The standard InChI is InChI=1S/C16H25NO3S/c1-3-20-15(19)16(17-2,10-13-21-12-7-11-18)14-8-5-4-6-9-14/h4-6,8-9,17-18H,3,7,10-13H2,1-2H3. The molecule has 1 aromatic rings. The molecule has 0 aromatic heterocycles. The Kier molecular flexibility index (Phi) is 8.42. The molecule has 4 nitrogen and oxygen atoms in total. The molecule has 0 aliphatic heterocycles. The van der Waals surface area contributed by atoms with E-state index >= 15 is 0 Å². The van der Waals surface area contributed by atoms with Gasteiger partial charge >= 0.3 is 5.97 Å². The van der Waals surface area contributed by atoms with Crippen molar-refractivity contribution >= 4 is 17.7 Å². The van der Waals surface area contributed by atoms with E-state index < -0.39 is 5.54 Å². The molecule has 0 saturated carbocycles. The van der Waals surface area contributed by atoms with Gasteiger partial charge in [-0.3, -0.25) is 0 Å². The van der Waals surface area contributed by atoms with Crippen LogP contribution in [0.5, 0.6) is 0 Å². The molecule has 0 amide bonds. The average molecular weight is 311 g/mol. The zero-order chi connectivity index (χ0) is 15.6. The maximum atomic E-state index is 12.5. The third-order valence-corrected chi connectivity index (χ3v) is 4.46. The van der Waals surface area contributed by atoms with Crippen LogP contribution in [-0.4, -0.2) is 42.8 Å². The lowest BCUT2D eigenvalue weighted by atomic mass is 9.87. The summed E-state index contributed by atoms with van der Waals surface area (Å²) in [6.45, 7) is 2.40. The van der Waals surface area contributed by atoms with Crippen molar-refractivity contribution in [1.82, 2.24) is 5.32 Å². The number of ether oxygens (including phenoxy) is 1. The molecule has 118 valence electrons. The highest BCUT2D eigenvalue weighted by atomic mass is 32.2. The SMILES string of the molecule is CCOC(=O)C(CCSCCCO)(NC)c1ccccc1. The lowest BCUT2D eigenvalue weighted by molar-refractivity contribution is -0.151. The minimum absolute atomic E-state index is 0.209. The molecular weight excluding hydrogens is 286 g/mol. The van der Waals surface area contributed by atoms with Gasteiger partial charge in [-0.2, -0.15) is 11.8 Å². The molecule has 0 bridgehead atoms. The van der Waals surface area contributed by atoms with Gasteiger partial charge in [-0.15, -0.1) is 0 Å². The summed E-state index contributed by atoms with van der Waals surface area (Å²) in [7, 11) is 1.79. The Morgan fingerprint density at radius 2 is 2.05 bits per heavy atom. The maximum Gasteiger partial charge on any atom is 0.331 e. The van der Waals surface area contributed by atoms with Gasteiger partial charge in [0.2, 0.25) is 0 Å². The lowest BCUT2D eigenvalue weighted by Gasteiger charge is -2.31. The Labute approximate surface area is 131 Å². The molecule has 2 N–H and O–H groups in total. The Morgan fingerprint density at radius 3 is 2.62 bits per heavy atom. The number of likely N-dealkylation sites (N-methyl/N-ethyl adjacent to an activating group) is 1. The molecule has 1 aromatic carbocycles. The van der Waals surface area contributed by atoms with Crippen LogP contribution in [-0.2, 0) is 15.1 Å². The van der Waals surface area contributed by atoms with E-state index in [4.69, 9.17) is 9.84 Å². The smallest absolute Gasteiger partial charge is 0.331 e. The summed E-state index contributed by atoms with van der Waals surface area (Å²) in [5.74, 6) is 1.49. The van der Waals surface area contributed by atoms with Crippen LogP contribution in [0.25, 0.3) is 0 Å². The van der Waals surface area contributed by atoms with Gasteiger partial charge in [0.15, 0.2) is 0 Å². The number of hydrogen-bond donors (Lipinski definition) is 2. The molecule has 0 heterocycles. The van der Waals surface area contributed by atoms with Crippen molar-refractivity contribution in [2.24, 2.45) is 0 Å². The number of hydrogen-bond acceptors (Lipinski definition) is 5. The van der Waals surface area contributed by atoms with Crippen molar-refractivity contribution in [2.45, 2.75) is 25.3 Å². The molecule has 21 heavy (non-hydrogen) atoms. The second-order valence-electron chi connectivity index (χ2n) is 4.68. The summed E-state index contributed by atoms with van der Waals surface area (Å²) < 4.78 is 5.28. The van der Waals surface area contributed by atoms with Gasteiger partial charge in [-0.25, -0.2) is 4.79 Å². The lowest BCUT2D eigenvalue weighted by Crippen LogP contribution is -2.49. The van der Waals surface area contributed by atoms with Gasteiger partial charge in [0, 0.05) is 6.61 Å². The van der Waals surface area contributed by atoms with Crippen molar-refractivity contribution in [3.05, 3.63) is 35.9 Å². The van der Waals surface area contributed by atoms with E-state index in [0.717, 1.165) is 23.5 Å². The number of carbonyl (C=O) groups is 1. The van der Waals surface area contributed by atoms with Crippen molar-refractivity contribution in [3.8, 4) is 0 Å². The fraction of sp³-hybridized carbons (Fsp3) is 0.562. The van der Waals surface area contributed by atoms with Gasteiger partial charge in [0.05, 0.1) is 6.61 Å². The summed E-state index contributed by atoms with van der Waals surface area (Å²) in [5, 5.41) is 12.0. The first kappa shape index (κ1) is 18.0. The van der Waals surface area contributed by atoms with Crippen molar-refractivity contribution in [1.29, 1.82) is 0 Å². The predicted molar refractivity (Wildman–Crippen MR) is 87.5 cm³/mol. The van der Waals surface area contributed by atoms with Crippen LogP contribution >= 0.6 is 11.8 Å². The third-order valence-electron chi connectivity index (χ3n) is 3.39. The second-order valence-corrected chi connectivity index (χ2v) is 5.91. The molecule has 0 spiro atoms. The van der Waals surface area contributed by atoms with E-state index in [-0.39, 0.29) is 12.6 Å². The number of nitrogens with one attached hydrogen (secondary N) is 1. The number of esters is 1. The van der Waals surface area contributed by atoms with Crippen LogP contribution in [0.2, 0.25) is 0 Å². The number of rotatable bonds is 10. The minimum Gasteiger partial charge on any atom is -0.464 e. The van der Waals surface area contributed by atoms with Crippen LogP contribution in [0.4, 0.5) is 0 Å². The highest BCUT2D eigenvalue weighted by Crippen LogP contribution is 2.28. The highest BCUT2D eigenvalue weighted by Gasteiger charge is 2.39. The Hall–Kier alpha value is -1.04. The first-order valence-corrected chi connectivity index (χ1v) is 8.47. The molecule has 1 rings (SSSR count). The number of aliphatic hydroxyl groups excluding tert-OH is 1. The minimum atomic E-state index is -0.802. The summed E-state index contributed by atoms with van der Waals surface area (Å²) in [6, 6.07) is 9.70. The molecule has 0 aliphatic rings. The first-order chi connectivity index (χ1) is 10.2.